The lowest BCUT2D eigenvalue weighted by Crippen LogP contribution is -2.64. The Balaban J connectivity index is 1.67. The van der Waals surface area contributed by atoms with Gasteiger partial charge in [-0.3, -0.25) is 9.98 Å². The molecule has 1 aromatic heterocycles. The molecule has 2 bridgehead atoms. The van der Waals surface area contributed by atoms with Crippen LogP contribution in [-0.4, -0.2) is 21.4 Å². The maximum absolute atomic E-state index is 11.3. The van der Waals surface area contributed by atoms with Crippen molar-refractivity contribution in [2.45, 2.75) is 58.6 Å². The number of aromatic nitrogens is 1. The van der Waals surface area contributed by atoms with Crippen LogP contribution in [-0.2, 0) is 6.42 Å². The Hall–Kier alpha value is -2.00. The first-order chi connectivity index (χ1) is 12.8. The second kappa shape index (κ2) is 6.56. The van der Waals surface area contributed by atoms with Gasteiger partial charge in [-0.15, -0.1) is 0 Å². The molecule has 3 heteroatoms. The standard InChI is InChI=1S/C24H30N2O/c1-16-8-10-17(11-9-16)13-20(19-7-5-6-12-25-19)26-22-15-18-14-21(23(18,2)3)24(22,4)27/h5-12,18,20-21,27H,13-15H2,1-4H3/t18-,20+,21-,24-/m0/s1. The van der Waals surface area contributed by atoms with Crippen molar-refractivity contribution in [2.75, 3.05) is 0 Å². The summed E-state index contributed by atoms with van der Waals surface area (Å²) in [5.74, 6) is 0.927. The first-order valence-electron chi connectivity index (χ1n) is 10.0. The zero-order valence-corrected chi connectivity index (χ0v) is 16.8. The van der Waals surface area contributed by atoms with Crippen molar-refractivity contribution < 1.29 is 5.11 Å². The van der Waals surface area contributed by atoms with Crippen LogP contribution in [0.5, 0.6) is 0 Å². The Morgan fingerprint density at radius 1 is 1.15 bits per heavy atom. The van der Waals surface area contributed by atoms with Crippen LogP contribution in [0.15, 0.2) is 53.7 Å². The monoisotopic (exact) mass is 362 g/mol. The number of pyridine rings is 1. The lowest BCUT2D eigenvalue weighted by atomic mass is 9.44. The van der Waals surface area contributed by atoms with E-state index in [0.717, 1.165) is 30.7 Å². The van der Waals surface area contributed by atoms with Crippen LogP contribution >= 0.6 is 0 Å². The fraction of sp³-hybridized carbons (Fsp3) is 0.500. The lowest BCUT2D eigenvalue weighted by Gasteiger charge is -2.62. The maximum atomic E-state index is 11.3. The first-order valence-corrected chi connectivity index (χ1v) is 10.0. The summed E-state index contributed by atoms with van der Waals surface area (Å²) in [6, 6.07) is 14.6. The molecule has 3 aliphatic rings. The highest BCUT2D eigenvalue weighted by Gasteiger charge is 2.61. The smallest absolute Gasteiger partial charge is 0.103 e. The third kappa shape index (κ3) is 3.23. The average molecular weight is 363 g/mol. The first kappa shape index (κ1) is 18.4. The van der Waals surface area contributed by atoms with Gasteiger partial charge < -0.3 is 5.11 Å². The molecule has 142 valence electrons. The molecule has 3 saturated carbocycles. The number of hydrogen-bond donors (Lipinski definition) is 1. The number of fused-ring (bicyclic) bond motifs is 2. The molecule has 2 aromatic rings. The molecule has 0 saturated heterocycles. The summed E-state index contributed by atoms with van der Waals surface area (Å²) in [6.07, 6.45) is 4.64. The van der Waals surface area contributed by atoms with Gasteiger partial charge in [0.2, 0.25) is 0 Å². The highest BCUT2D eigenvalue weighted by Crippen LogP contribution is 2.61. The minimum atomic E-state index is -0.821. The van der Waals surface area contributed by atoms with Crippen molar-refractivity contribution >= 4 is 5.71 Å². The van der Waals surface area contributed by atoms with E-state index in [1.807, 2.05) is 31.3 Å². The lowest BCUT2D eigenvalue weighted by molar-refractivity contribution is -0.134. The number of rotatable bonds is 4. The average Bonchev–Trinajstić information content (AvgIpc) is 2.64. The molecule has 0 aliphatic heterocycles. The predicted octanol–water partition coefficient (Wildman–Crippen LogP) is 4.93. The summed E-state index contributed by atoms with van der Waals surface area (Å²) < 4.78 is 0. The Labute approximate surface area is 162 Å². The van der Waals surface area contributed by atoms with E-state index in [1.165, 1.54) is 11.1 Å². The van der Waals surface area contributed by atoms with Crippen LogP contribution in [0, 0.1) is 24.2 Å². The Kier molecular flexibility index (Phi) is 4.46. The van der Waals surface area contributed by atoms with E-state index in [4.69, 9.17) is 4.99 Å². The minimum Gasteiger partial charge on any atom is -0.384 e. The quantitative estimate of drug-likeness (QED) is 0.838. The highest BCUT2D eigenvalue weighted by molar-refractivity contribution is 5.94. The molecule has 4 atom stereocenters. The van der Waals surface area contributed by atoms with Crippen LogP contribution in [0.25, 0.3) is 0 Å². The zero-order valence-electron chi connectivity index (χ0n) is 16.8. The second-order valence-corrected chi connectivity index (χ2v) is 9.19. The molecule has 1 aromatic carbocycles. The Bertz CT molecular complexity index is 836. The third-order valence-electron chi connectivity index (χ3n) is 7.06. The van der Waals surface area contributed by atoms with Gasteiger partial charge >= 0.3 is 0 Å². The van der Waals surface area contributed by atoms with E-state index in [2.05, 4.69) is 50.0 Å². The van der Waals surface area contributed by atoms with Gasteiger partial charge in [-0.2, -0.15) is 0 Å². The number of nitrogens with zero attached hydrogens (tertiary/aromatic N) is 2. The number of hydrogen-bond acceptors (Lipinski definition) is 3. The van der Waals surface area contributed by atoms with E-state index in [1.54, 1.807) is 0 Å². The molecule has 5 rings (SSSR count). The minimum absolute atomic E-state index is 0.0593. The molecule has 1 N–H and O–H groups in total. The molecule has 0 unspecified atom stereocenters. The van der Waals surface area contributed by atoms with Crippen LogP contribution in [0.1, 0.15) is 56.5 Å². The summed E-state index contributed by atoms with van der Waals surface area (Å²) in [6.45, 7) is 8.65. The van der Waals surface area contributed by atoms with Crippen LogP contribution in [0.2, 0.25) is 0 Å². The summed E-state index contributed by atoms with van der Waals surface area (Å²) in [5.41, 5.74) is 3.84. The molecule has 1 heterocycles. The molecule has 0 amide bonds. The van der Waals surface area contributed by atoms with Crippen LogP contribution in [0.4, 0.5) is 0 Å². The predicted molar refractivity (Wildman–Crippen MR) is 110 cm³/mol. The van der Waals surface area contributed by atoms with E-state index < -0.39 is 5.60 Å². The SMILES string of the molecule is Cc1ccc(C[C@@H](N=C2C[C@@H]3C[C@@H](C3(C)C)[C@]2(C)O)c2ccccn2)cc1. The second-order valence-electron chi connectivity index (χ2n) is 9.19. The fourth-order valence-electron chi connectivity index (χ4n) is 5.07. The fourth-order valence-corrected chi connectivity index (χ4v) is 5.07. The van der Waals surface area contributed by atoms with Crippen molar-refractivity contribution in [3.05, 3.63) is 65.5 Å². The summed E-state index contributed by atoms with van der Waals surface area (Å²) >= 11 is 0. The number of aliphatic hydroxyl groups is 1. The summed E-state index contributed by atoms with van der Waals surface area (Å²) in [7, 11) is 0. The van der Waals surface area contributed by atoms with Gasteiger partial charge in [0, 0.05) is 18.3 Å². The maximum Gasteiger partial charge on any atom is 0.103 e. The molecular formula is C24H30N2O. The van der Waals surface area contributed by atoms with Crippen LogP contribution in [0.3, 0.4) is 0 Å². The molecular weight excluding hydrogens is 332 g/mol. The normalized spacial score (nSPS) is 31.4. The number of benzene rings is 1. The van der Waals surface area contributed by atoms with Gasteiger partial charge in [-0.25, -0.2) is 0 Å². The number of aryl methyl sites for hydroxylation is 1. The van der Waals surface area contributed by atoms with Gasteiger partial charge in [0.25, 0.3) is 0 Å². The van der Waals surface area contributed by atoms with Gasteiger partial charge in [0.15, 0.2) is 0 Å². The van der Waals surface area contributed by atoms with Crippen molar-refractivity contribution in [1.82, 2.24) is 4.98 Å². The van der Waals surface area contributed by atoms with Crippen molar-refractivity contribution in [3.63, 3.8) is 0 Å². The van der Waals surface area contributed by atoms with Crippen molar-refractivity contribution in [2.24, 2.45) is 22.2 Å². The van der Waals surface area contributed by atoms with E-state index in [9.17, 15) is 5.11 Å². The van der Waals surface area contributed by atoms with Crippen molar-refractivity contribution in [3.8, 4) is 0 Å². The van der Waals surface area contributed by atoms with Gasteiger partial charge in [-0.1, -0.05) is 49.7 Å². The topological polar surface area (TPSA) is 45.5 Å². The highest BCUT2D eigenvalue weighted by atomic mass is 16.3. The van der Waals surface area contributed by atoms with Gasteiger partial charge in [-0.05, 0) is 61.6 Å². The molecule has 3 aliphatic carbocycles. The van der Waals surface area contributed by atoms with Gasteiger partial charge in [0.05, 0.1) is 11.7 Å². The van der Waals surface area contributed by atoms with E-state index in [-0.39, 0.29) is 11.5 Å². The summed E-state index contributed by atoms with van der Waals surface area (Å²) in [5, 5.41) is 11.3. The molecule has 27 heavy (non-hydrogen) atoms. The van der Waals surface area contributed by atoms with Gasteiger partial charge in [0.1, 0.15) is 5.60 Å². The van der Waals surface area contributed by atoms with E-state index >= 15 is 0 Å². The number of aliphatic imine (C=N–C) groups is 1. The Morgan fingerprint density at radius 2 is 1.89 bits per heavy atom. The molecule has 0 radical (unpaired) electrons. The largest absolute Gasteiger partial charge is 0.384 e. The van der Waals surface area contributed by atoms with Crippen molar-refractivity contribution in [1.29, 1.82) is 0 Å². The summed E-state index contributed by atoms with van der Waals surface area (Å²) in [4.78, 5) is 9.70. The molecule has 3 nitrogen and oxygen atoms in total. The molecule has 3 fully saturated rings. The Morgan fingerprint density at radius 3 is 2.48 bits per heavy atom. The van der Waals surface area contributed by atoms with E-state index in [0.29, 0.717) is 11.8 Å². The van der Waals surface area contributed by atoms with Crippen LogP contribution < -0.4 is 0 Å². The molecule has 0 spiro atoms. The third-order valence-corrected chi connectivity index (χ3v) is 7.06. The zero-order chi connectivity index (χ0) is 19.2.